The van der Waals surface area contributed by atoms with Crippen molar-refractivity contribution in [3.63, 3.8) is 0 Å². The smallest absolute Gasteiger partial charge is 0.119 e. The van der Waals surface area contributed by atoms with Crippen molar-refractivity contribution in [3.05, 3.63) is 29.8 Å². The monoisotopic (exact) mass is 233 g/mol. The first kappa shape index (κ1) is 12.4. The van der Waals surface area contributed by atoms with Crippen LogP contribution < -0.4 is 10.5 Å². The summed E-state index contributed by atoms with van der Waals surface area (Å²) in [4.78, 5) is 0. The van der Waals surface area contributed by atoms with Crippen LogP contribution in [0.15, 0.2) is 24.3 Å². The third-order valence-electron chi connectivity index (χ3n) is 3.66. The van der Waals surface area contributed by atoms with E-state index < -0.39 is 0 Å². The molecule has 0 saturated heterocycles. The summed E-state index contributed by atoms with van der Waals surface area (Å²) in [6.45, 7) is 2.85. The van der Waals surface area contributed by atoms with E-state index >= 15 is 0 Å². The number of benzene rings is 1. The summed E-state index contributed by atoms with van der Waals surface area (Å²) in [6, 6.07) is 8.43. The molecule has 0 aliphatic heterocycles. The van der Waals surface area contributed by atoms with Crippen molar-refractivity contribution in [1.29, 1.82) is 0 Å². The van der Waals surface area contributed by atoms with Crippen LogP contribution in [0.1, 0.15) is 50.5 Å². The Balaban J connectivity index is 1.93. The minimum absolute atomic E-state index is 0.429. The first-order chi connectivity index (χ1) is 8.29. The topological polar surface area (TPSA) is 35.2 Å². The Morgan fingerprint density at radius 1 is 1.18 bits per heavy atom. The molecule has 1 aliphatic rings. The summed E-state index contributed by atoms with van der Waals surface area (Å²) in [6.07, 6.45) is 6.84. The maximum absolute atomic E-state index is 5.99. The molecule has 1 fully saturated rings. The summed E-state index contributed by atoms with van der Waals surface area (Å²) >= 11 is 0. The van der Waals surface area contributed by atoms with Crippen LogP contribution in [0.3, 0.4) is 0 Å². The summed E-state index contributed by atoms with van der Waals surface area (Å²) in [5.41, 5.74) is 6.96. The molecular formula is C15H23NO. The second-order valence-electron chi connectivity index (χ2n) is 5.08. The molecule has 1 saturated carbocycles. The third-order valence-corrected chi connectivity index (χ3v) is 3.66. The molecule has 1 aliphatic carbocycles. The highest BCUT2D eigenvalue weighted by Crippen LogP contribution is 2.24. The zero-order valence-corrected chi connectivity index (χ0v) is 10.7. The van der Waals surface area contributed by atoms with E-state index in [4.69, 9.17) is 10.5 Å². The van der Waals surface area contributed by atoms with Crippen molar-refractivity contribution in [3.8, 4) is 5.75 Å². The average Bonchev–Trinajstić information content (AvgIpc) is 2.40. The highest BCUT2D eigenvalue weighted by molar-refractivity contribution is 5.29. The van der Waals surface area contributed by atoms with E-state index in [1.54, 1.807) is 0 Å². The lowest BCUT2D eigenvalue weighted by atomic mass is 9.97. The highest BCUT2D eigenvalue weighted by atomic mass is 16.5. The van der Waals surface area contributed by atoms with E-state index in [0.29, 0.717) is 18.6 Å². The van der Waals surface area contributed by atoms with Crippen molar-refractivity contribution in [1.82, 2.24) is 0 Å². The van der Waals surface area contributed by atoms with Gasteiger partial charge in [-0.2, -0.15) is 0 Å². The van der Waals surface area contributed by atoms with Gasteiger partial charge in [0, 0.05) is 0 Å². The molecule has 2 heteroatoms. The van der Waals surface area contributed by atoms with Gasteiger partial charge >= 0.3 is 0 Å². The molecule has 0 amide bonds. The maximum Gasteiger partial charge on any atom is 0.119 e. The molecular weight excluding hydrogens is 210 g/mol. The quantitative estimate of drug-likeness (QED) is 0.864. The van der Waals surface area contributed by atoms with Crippen LogP contribution >= 0.6 is 0 Å². The molecule has 1 unspecified atom stereocenters. The molecule has 2 rings (SSSR count). The van der Waals surface area contributed by atoms with Gasteiger partial charge in [0.15, 0.2) is 0 Å². The number of hydrogen-bond donors (Lipinski definition) is 1. The summed E-state index contributed by atoms with van der Waals surface area (Å²) in [5, 5.41) is 0. The standard InChI is InChI=1S/C15H23NO/c1-12(11-16)13-7-9-15(10-8-13)17-14-5-3-2-4-6-14/h7-10,12,14H,2-6,11,16H2,1H3. The second kappa shape index (κ2) is 6.06. The van der Waals surface area contributed by atoms with Crippen molar-refractivity contribution in [2.24, 2.45) is 5.73 Å². The highest BCUT2D eigenvalue weighted by Gasteiger charge is 2.14. The predicted octanol–water partition coefficient (Wildman–Crippen LogP) is 3.46. The number of nitrogens with two attached hydrogens (primary N) is 1. The Kier molecular flexibility index (Phi) is 4.43. The lowest BCUT2D eigenvalue weighted by Gasteiger charge is -2.23. The number of rotatable bonds is 4. The zero-order chi connectivity index (χ0) is 12.1. The molecule has 1 aromatic rings. The van der Waals surface area contributed by atoms with E-state index in [-0.39, 0.29) is 0 Å². The Labute approximate surface area is 104 Å². The zero-order valence-electron chi connectivity index (χ0n) is 10.7. The summed E-state index contributed by atoms with van der Waals surface area (Å²) < 4.78 is 5.99. The van der Waals surface area contributed by atoms with Crippen LogP contribution in [0.2, 0.25) is 0 Å². The normalized spacial score (nSPS) is 18.9. The van der Waals surface area contributed by atoms with Gasteiger partial charge in [-0.15, -0.1) is 0 Å². The first-order valence-corrected chi connectivity index (χ1v) is 6.76. The van der Waals surface area contributed by atoms with Gasteiger partial charge in [-0.1, -0.05) is 25.5 Å². The van der Waals surface area contributed by atoms with Crippen molar-refractivity contribution >= 4 is 0 Å². The number of ether oxygens (including phenoxy) is 1. The van der Waals surface area contributed by atoms with Gasteiger partial charge in [0.05, 0.1) is 6.10 Å². The Bertz CT molecular complexity index is 327. The van der Waals surface area contributed by atoms with Crippen LogP contribution in [0, 0.1) is 0 Å². The van der Waals surface area contributed by atoms with Crippen LogP contribution in [-0.2, 0) is 0 Å². The molecule has 0 aromatic heterocycles. The fraction of sp³-hybridized carbons (Fsp3) is 0.600. The van der Waals surface area contributed by atoms with Gasteiger partial charge in [0.2, 0.25) is 0 Å². The lowest BCUT2D eigenvalue weighted by Crippen LogP contribution is -2.19. The maximum atomic E-state index is 5.99. The van der Waals surface area contributed by atoms with Gasteiger partial charge in [0.25, 0.3) is 0 Å². The van der Waals surface area contributed by atoms with Gasteiger partial charge in [-0.25, -0.2) is 0 Å². The van der Waals surface area contributed by atoms with Gasteiger partial charge in [0.1, 0.15) is 5.75 Å². The molecule has 2 nitrogen and oxygen atoms in total. The van der Waals surface area contributed by atoms with Crippen LogP contribution in [0.5, 0.6) is 5.75 Å². The minimum atomic E-state index is 0.429. The van der Waals surface area contributed by atoms with Gasteiger partial charge in [-0.3, -0.25) is 0 Å². The fourth-order valence-electron chi connectivity index (χ4n) is 2.39. The first-order valence-electron chi connectivity index (χ1n) is 6.76. The van der Waals surface area contributed by atoms with E-state index in [1.807, 2.05) is 0 Å². The Morgan fingerprint density at radius 2 is 1.82 bits per heavy atom. The van der Waals surface area contributed by atoms with Gasteiger partial charge < -0.3 is 10.5 Å². The van der Waals surface area contributed by atoms with E-state index in [9.17, 15) is 0 Å². The molecule has 0 radical (unpaired) electrons. The summed E-state index contributed by atoms with van der Waals surface area (Å²) in [7, 11) is 0. The Morgan fingerprint density at radius 3 is 2.41 bits per heavy atom. The fourth-order valence-corrected chi connectivity index (χ4v) is 2.39. The molecule has 1 atom stereocenters. The molecule has 0 heterocycles. The minimum Gasteiger partial charge on any atom is -0.490 e. The number of hydrogen-bond acceptors (Lipinski definition) is 2. The average molecular weight is 233 g/mol. The van der Waals surface area contributed by atoms with Crippen molar-refractivity contribution < 1.29 is 4.74 Å². The van der Waals surface area contributed by atoms with Gasteiger partial charge in [-0.05, 0) is 55.8 Å². The lowest BCUT2D eigenvalue weighted by molar-refractivity contribution is 0.155. The molecule has 17 heavy (non-hydrogen) atoms. The van der Waals surface area contributed by atoms with Crippen LogP contribution in [0.25, 0.3) is 0 Å². The molecule has 1 aromatic carbocycles. The molecule has 2 N–H and O–H groups in total. The molecule has 0 bridgehead atoms. The van der Waals surface area contributed by atoms with Crippen molar-refractivity contribution in [2.75, 3.05) is 6.54 Å². The third kappa shape index (κ3) is 3.47. The SMILES string of the molecule is CC(CN)c1ccc(OC2CCCCC2)cc1. The van der Waals surface area contributed by atoms with Crippen LogP contribution in [0.4, 0.5) is 0 Å². The largest absolute Gasteiger partial charge is 0.490 e. The van der Waals surface area contributed by atoms with E-state index in [0.717, 1.165) is 5.75 Å². The van der Waals surface area contributed by atoms with E-state index in [1.165, 1.54) is 37.7 Å². The van der Waals surface area contributed by atoms with Crippen molar-refractivity contribution in [2.45, 2.75) is 51.0 Å². The molecule has 94 valence electrons. The Hall–Kier alpha value is -1.02. The predicted molar refractivity (Wildman–Crippen MR) is 71.4 cm³/mol. The molecule has 0 spiro atoms. The second-order valence-corrected chi connectivity index (χ2v) is 5.08. The van der Waals surface area contributed by atoms with E-state index in [2.05, 4.69) is 31.2 Å². The summed E-state index contributed by atoms with van der Waals surface area (Å²) in [5.74, 6) is 1.43. The van der Waals surface area contributed by atoms with Crippen LogP contribution in [-0.4, -0.2) is 12.6 Å².